The molecule has 40 heavy (non-hydrogen) atoms. The zero-order valence-corrected chi connectivity index (χ0v) is 22.4. The summed E-state index contributed by atoms with van der Waals surface area (Å²) in [5.41, 5.74) is -3.62. The Labute approximate surface area is 226 Å². The van der Waals surface area contributed by atoms with Gasteiger partial charge in [-0.1, -0.05) is 0 Å². The molecule has 3 aromatic rings. The molecule has 0 atom stereocenters. The Balaban J connectivity index is 1.67. The van der Waals surface area contributed by atoms with Crippen LogP contribution >= 0.6 is 0 Å². The van der Waals surface area contributed by atoms with Crippen molar-refractivity contribution in [3.8, 4) is 17.1 Å². The molecular weight excluding hydrogens is 566 g/mol. The predicted octanol–water partition coefficient (Wildman–Crippen LogP) is 3.66. The van der Waals surface area contributed by atoms with Crippen molar-refractivity contribution in [1.29, 1.82) is 0 Å². The molecule has 3 aromatic heterocycles. The summed E-state index contributed by atoms with van der Waals surface area (Å²) in [6.07, 6.45) is -5.31. The van der Waals surface area contributed by atoms with Gasteiger partial charge in [-0.25, -0.2) is 32.7 Å². The van der Waals surface area contributed by atoms with E-state index in [0.29, 0.717) is 19.0 Å². The number of imidazole rings is 1. The van der Waals surface area contributed by atoms with E-state index < -0.39 is 45.0 Å². The van der Waals surface area contributed by atoms with Crippen LogP contribution in [0.15, 0.2) is 30.9 Å². The van der Waals surface area contributed by atoms with Gasteiger partial charge >= 0.3 is 12.4 Å². The number of hydrogen-bond acceptors (Lipinski definition) is 8. The highest BCUT2D eigenvalue weighted by Crippen LogP contribution is 2.37. The summed E-state index contributed by atoms with van der Waals surface area (Å²) in [6, 6.07) is 2.27. The molecule has 1 aliphatic rings. The van der Waals surface area contributed by atoms with Crippen LogP contribution in [-0.2, 0) is 28.9 Å². The average Bonchev–Trinajstić information content (AvgIpc) is 3.32. The lowest BCUT2D eigenvalue weighted by Gasteiger charge is -2.30. The molecule has 0 spiro atoms. The van der Waals surface area contributed by atoms with Crippen LogP contribution in [0.25, 0.3) is 17.1 Å². The SMILES string of the molecule is CN(C)Cc1ccc(-n2cnc(-c3nc(NC4CCN(S(C)(=O)=O)CC4)ncc3C(F)(F)F)c2)c(C(F)(F)F)n1. The molecule has 0 bridgehead atoms. The summed E-state index contributed by atoms with van der Waals surface area (Å²) in [4.78, 5) is 17.1. The standard InChI is InChI=1S/C23H26F6N8O2S/c1-35(2)11-15-4-5-18(20(32-15)23(27,28)29)36-12-17(31-13-36)19-16(22(24,25)26)10-30-21(34-19)33-14-6-8-37(9-7-14)40(3,38)39/h4-5,10,12-14H,6-9,11H2,1-3H3,(H,30,33,34). The van der Waals surface area contributed by atoms with Crippen LogP contribution in [0.2, 0.25) is 0 Å². The van der Waals surface area contributed by atoms with Crippen LogP contribution in [0.1, 0.15) is 29.8 Å². The first-order valence-corrected chi connectivity index (χ1v) is 13.8. The van der Waals surface area contributed by atoms with Gasteiger partial charge in [-0.05, 0) is 39.1 Å². The molecule has 1 fully saturated rings. The maximum absolute atomic E-state index is 13.8. The Hall–Kier alpha value is -3.31. The molecule has 0 saturated carbocycles. The molecule has 1 N–H and O–H groups in total. The Morgan fingerprint density at radius 3 is 2.27 bits per heavy atom. The highest BCUT2D eigenvalue weighted by molar-refractivity contribution is 7.88. The Kier molecular flexibility index (Phi) is 8.11. The second kappa shape index (κ2) is 10.9. The van der Waals surface area contributed by atoms with Crippen molar-refractivity contribution < 1.29 is 34.8 Å². The number of nitrogens with one attached hydrogen (secondary N) is 1. The number of halogens is 6. The quantitative estimate of drug-likeness (QED) is 0.415. The van der Waals surface area contributed by atoms with E-state index >= 15 is 0 Å². The van der Waals surface area contributed by atoms with Crippen LogP contribution in [0.4, 0.5) is 32.3 Å². The number of piperidine rings is 1. The minimum Gasteiger partial charge on any atom is -0.351 e. The maximum atomic E-state index is 13.8. The topological polar surface area (TPSA) is 109 Å². The summed E-state index contributed by atoms with van der Waals surface area (Å²) in [5.74, 6) is -0.152. The van der Waals surface area contributed by atoms with Gasteiger partial charge in [0.15, 0.2) is 5.69 Å². The lowest BCUT2D eigenvalue weighted by molar-refractivity contribution is -0.141. The molecule has 0 radical (unpaired) electrons. The number of nitrogens with zero attached hydrogens (tertiary/aromatic N) is 7. The Morgan fingerprint density at radius 1 is 1.02 bits per heavy atom. The Bertz CT molecular complexity index is 1460. The molecule has 1 aliphatic heterocycles. The van der Waals surface area contributed by atoms with E-state index in [0.717, 1.165) is 23.3 Å². The smallest absolute Gasteiger partial charge is 0.351 e. The molecule has 10 nitrogen and oxygen atoms in total. The zero-order valence-electron chi connectivity index (χ0n) is 21.6. The van der Waals surface area contributed by atoms with Gasteiger partial charge in [0.1, 0.15) is 23.3 Å². The number of hydrogen-bond donors (Lipinski definition) is 1. The minimum atomic E-state index is -4.87. The van der Waals surface area contributed by atoms with E-state index in [1.54, 1.807) is 19.0 Å². The van der Waals surface area contributed by atoms with Gasteiger partial charge in [-0.3, -0.25) is 0 Å². The van der Waals surface area contributed by atoms with Crippen molar-refractivity contribution in [2.75, 3.05) is 38.8 Å². The number of alkyl halides is 6. The van der Waals surface area contributed by atoms with Gasteiger partial charge in [-0.2, -0.15) is 26.3 Å². The number of sulfonamides is 1. The molecule has 0 aliphatic carbocycles. The summed E-state index contributed by atoms with van der Waals surface area (Å²) in [5, 5.41) is 2.92. The monoisotopic (exact) mass is 592 g/mol. The van der Waals surface area contributed by atoms with Crippen LogP contribution < -0.4 is 5.32 Å². The first kappa shape index (κ1) is 29.7. The van der Waals surface area contributed by atoms with E-state index in [1.165, 1.54) is 16.4 Å². The second-order valence-electron chi connectivity index (χ2n) is 9.61. The molecule has 0 unspecified atom stereocenters. The van der Waals surface area contributed by atoms with Crippen molar-refractivity contribution in [3.05, 3.63) is 47.8 Å². The van der Waals surface area contributed by atoms with Gasteiger partial charge in [0.2, 0.25) is 16.0 Å². The summed E-state index contributed by atoms with van der Waals surface area (Å²) in [6.45, 7) is 0.589. The average molecular weight is 593 g/mol. The van der Waals surface area contributed by atoms with Crippen molar-refractivity contribution in [3.63, 3.8) is 0 Å². The number of rotatable bonds is 7. The van der Waals surface area contributed by atoms with Gasteiger partial charge in [0.25, 0.3) is 0 Å². The predicted molar refractivity (Wildman–Crippen MR) is 133 cm³/mol. The van der Waals surface area contributed by atoms with Crippen LogP contribution in [0.3, 0.4) is 0 Å². The Morgan fingerprint density at radius 2 is 1.70 bits per heavy atom. The first-order valence-electron chi connectivity index (χ1n) is 11.9. The van der Waals surface area contributed by atoms with Crippen LogP contribution in [0.5, 0.6) is 0 Å². The van der Waals surface area contributed by atoms with Gasteiger partial charge < -0.3 is 14.8 Å². The fraction of sp³-hybridized carbons (Fsp3) is 0.478. The third-order valence-corrected chi connectivity index (χ3v) is 7.44. The fourth-order valence-corrected chi connectivity index (χ4v) is 5.14. The second-order valence-corrected chi connectivity index (χ2v) is 11.6. The molecule has 0 amide bonds. The van der Waals surface area contributed by atoms with Gasteiger partial charge in [0, 0.05) is 38.1 Å². The largest absolute Gasteiger partial charge is 0.435 e. The molecule has 17 heteroatoms. The zero-order chi connectivity index (χ0) is 29.5. The van der Waals surface area contributed by atoms with Gasteiger partial charge in [-0.15, -0.1) is 0 Å². The highest BCUT2D eigenvalue weighted by Gasteiger charge is 2.38. The van der Waals surface area contributed by atoms with E-state index in [2.05, 4.69) is 25.3 Å². The minimum absolute atomic E-state index is 0.150. The van der Waals surface area contributed by atoms with Gasteiger partial charge in [0.05, 0.1) is 17.6 Å². The molecule has 4 rings (SSSR count). The normalized spacial score (nSPS) is 16.1. The third kappa shape index (κ3) is 6.87. The number of aromatic nitrogens is 5. The number of anilines is 1. The lowest BCUT2D eigenvalue weighted by atomic mass is 10.1. The lowest BCUT2D eigenvalue weighted by Crippen LogP contribution is -2.42. The summed E-state index contributed by atoms with van der Waals surface area (Å²) >= 11 is 0. The van der Waals surface area contributed by atoms with E-state index in [-0.39, 0.29) is 43.0 Å². The van der Waals surface area contributed by atoms with E-state index in [4.69, 9.17) is 0 Å². The van der Waals surface area contributed by atoms with E-state index in [9.17, 15) is 34.8 Å². The third-order valence-electron chi connectivity index (χ3n) is 6.13. The maximum Gasteiger partial charge on any atom is 0.435 e. The molecule has 1 saturated heterocycles. The van der Waals surface area contributed by atoms with Crippen molar-refractivity contribution >= 4 is 16.0 Å². The van der Waals surface area contributed by atoms with Crippen molar-refractivity contribution in [2.24, 2.45) is 0 Å². The molecular formula is C23H26F6N8O2S. The van der Waals surface area contributed by atoms with E-state index in [1.807, 2.05) is 0 Å². The van der Waals surface area contributed by atoms with Crippen LogP contribution in [-0.4, -0.2) is 81.6 Å². The summed E-state index contributed by atoms with van der Waals surface area (Å²) < 4.78 is 109. The molecule has 4 heterocycles. The first-order chi connectivity index (χ1) is 18.5. The number of pyridine rings is 1. The summed E-state index contributed by atoms with van der Waals surface area (Å²) in [7, 11) is -0.0197. The highest BCUT2D eigenvalue weighted by atomic mass is 32.2. The van der Waals surface area contributed by atoms with Crippen LogP contribution in [0, 0.1) is 0 Å². The molecule has 218 valence electrons. The fourth-order valence-electron chi connectivity index (χ4n) is 4.27. The van der Waals surface area contributed by atoms with Crippen molar-refractivity contribution in [1.82, 2.24) is 33.7 Å². The van der Waals surface area contributed by atoms with Crippen molar-refractivity contribution in [2.45, 2.75) is 37.8 Å². The molecule has 0 aromatic carbocycles.